The predicted octanol–water partition coefficient (Wildman–Crippen LogP) is 6.36. The summed E-state index contributed by atoms with van der Waals surface area (Å²) in [7, 11) is 0. The van der Waals surface area contributed by atoms with E-state index >= 15 is 0 Å². The lowest BCUT2D eigenvalue weighted by atomic mass is 10.0. The van der Waals surface area contributed by atoms with E-state index in [9.17, 15) is 9.59 Å². The number of hydrogen-bond acceptors (Lipinski definition) is 2. The molecular formula is C24H50N4O2. The van der Waals surface area contributed by atoms with Crippen LogP contribution < -0.4 is 0 Å². The van der Waals surface area contributed by atoms with Crippen molar-refractivity contribution in [1.29, 1.82) is 0 Å². The van der Waals surface area contributed by atoms with E-state index < -0.39 is 22.2 Å². The first-order valence-corrected chi connectivity index (χ1v) is 11.6. The Hall–Kier alpha value is -1.46. The first-order chi connectivity index (χ1) is 13.3. The fourth-order valence-electron chi connectivity index (χ4n) is 4.18. The van der Waals surface area contributed by atoms with E-state index in [1.807, 2.05) is 130 Å². The molecule has 6 heteroatoms. The summed E-state index contributed by atoms with van der Waals surface area (Å²) in [5.41, 5.74) is -1.56. The topological polar surface area (TPSA) is 47.1 Å². The Morgan fingerprint density at radius 2 is 0.567 bits per heavy atom. The quantitative estimate of drug-likeness (QED) is 0.452. The minimum absolute atomic E-state index is 0.00370. The van der Waals surface area contributed by atoms with Crippen LogP contribution in [0.2, 0.25) is 0 Å². The van der Waals surface area contributed by atoms with Gasteiger partial charge in [0.15, 0.2) is 12.3 Å². The molecule has 0 aromatic heterocycles. The minimum atomic E-state index is -0.391. The summed E-state index contributed by atoms with van der Waals surface area (Å²) in [6.07, 6.45) is -0.623. The molecule has 0 bridgehead atoms. The van der Waals surface area contributed by atoms with Crippen LogP contribution >= 0.6 is 0 Å². The normalized spacial score (nSPS) is 22.5. The van der Waals surface area contributed by atoms with Crippen molar-refractivity contribution in [3.05, 3.63) is 0 Å². The summed E-state index contributed by atoms with van der Waals surface area (Å²) < 4.78 is 0. The molecule has 178 valence electrons. The van der Waals surface area contributed by atoms with Gasteiger partial charge in [-0.3, -0.25) is 19.6 Å². The number of rotatable bonds is 0. The second-order valence-electron chi connectivity index (χ2n) is 11.6. The highest BCUT2D eigenvalue weighted by molar-refractivity contribution is 5.87. The molecule has 2 aliphatic heterocycles. The molecule has 0 aromatic rings. The Kier molecular flexibility index (Phi) is 8.52. The molecule has 2 saturated heterocycles. The molecule has 0 radical (unpaired) electrons. The molecule has 6 nitrogen and oxygen atoms in total. The van der Waals surface area contributed by atoms with Crippen LogP contribution in [0.3, 0.4) is 0 Å². The van der Waals surface area contributed by atoms with Gasteiger partial charge in [-0.15, -0.1) is 0 Å². The zero-order chi connectivity index (χ0) is 24.6. The highest BCUT2D eigenvalue weighted by Crippen LogP contribution is 2.46. The number of fused-ring (bicyclic) bond motifs is 1. The second kappa shape index (κ2) is 8.96. The lowest BCUT2D eigenvalue weighted by Crippen LogP contribution is -2.60. The Labute approximate surface area is 186 Å². The van der Waals surface area contributed by atoms with E-state index in [0.717, 1.165) is 0 Å². The number of carbonyl (C=O) groups excluding carboxylic acids is 2. The van der Waals surface area contributed by atoms with E-state index in [4.69, 9.17) is 0 Å². The average Bonchev–Trinajstić information content (AvgIpc) is 2.96. The molecule has 0 spiro atoms. The molecule has 2 aliphatic rings. The SMILES string of the molecule is CC.CC.CC(C)(C)N1C(=O)N(C(C)(C)C)C2C1N(C(C)(C)C)C(=O)N2C(C)(C)C. The van der Waals surface area contributed by atoms with Crippen molar-refractivity contribution in [3.8, 4) is 0 Å². The third-order valence-corrected chi connectivity index (χ3v) is 5.04. The summed E-state index contributed by atoms with van der Waals surface area (Å²) in [5, 5.41) is 0. The Morgan fingerprint density at radius 3 is 0.667 bits per heavy atom. The molecule has 30 heavy (non-hydrogen) atoms. The van der Waals surface area contributed by atoms with Gasteiger partial charge in [-0.25, -0.2) is 9.59 Å². The molecule has 0 aliphatic carbocycles. The first kappa shape index (κ1) is 28.5. The van der Waals surface area contributed by atoms with Gasteiger partial charge in [0.2, 0.25) is 0 Å². The van der Waals surface area contributed by atoms with Crippen molar-refractivity contribution in [2.24, 2.45) is 0 Å². The van der Waals surface area contributed by atoms with Crippen molar-refractivity contribution in [2.75, 3.05) is 0 Å². The molecule has 4 amide bonds. The van der Waals surface area contributed by atoms with Crippen molar-refractivity contribution in [3.63, 3.8) is 0 Å². The maximum atomic E-state index is 13.6. The molecular weight excluding hydrogens is 376 g/mol. The van der Waals surface area contributed by atoms with Gasteiger partial charge >= 0.3 is 12.1 Å². The van der Waals surface area contributed by atoms with Gasteiger partial charge in [0, 0.05) is 22.2 Å². The fraction of sp³-hybridized carbons (Fsp3) is 0.917. The minimum Gasteiger partial charge on any atom is -0.295 e. The zero-order valence-electron chi connectivity index (χ0n) is 22.8. The summed E-state index contributed by atoms with van der Waals surface area (Å²) in [6, 6.07) is -0.00741. The summed E-state index contributed by atoms with van der Waals surface area (Å²) >= 11 is 0. The third kappa shape index (κ3) is 5.05. The van der Waals surface area contributed by atoms with Crippen LogP contribution in [0.25, 0.3) is 0 Å². The predicted molar refractivity (Wildman–Crippen MR) is 127 cm³/mol. The lowest BCUT2D eigenvalue weighted by Gasteiger charge is -2.44. The summed E-state index contributed by atoms with van der Waals surface area (Å²) in [5.74, 6) is 0. The van der Waals surface area contributed by atoms with Crippen LogP contribution in [0.15, 0.2) is 0 Å². The molecule has 2 rings (SSSR count). The summed E-state index contributed by atoms with van der Waals surface area (Å²) in [4.78, 5) is 34.7. The molecule has 2 fully saturated rings. The maximum absolute atomic E-state index is 13.6. The van der Waals surface area contributed by atoms with E-state index in [2.05, 4.69) is 0 Å². The van der Waals surface area contributed by atoms with Crippen LogP contribution in [0.4, 0.5) is 9.59 Å². The Morgan fingerprint density at radius 1 is 0.433 bits per heavy atom. The van der Waals surface area contributed by atoms with Crippen LogP contribution in [0.1, 0.15) is 111 Å². The number of nitrogens with zero attached hydrogens (tertiary/aromatic N) is 4. The average molecular weight is 427 g/mol. The standard InChI is InChI=1S/C20H38N4O2.2C2H6/c1-17(2,3)21-13-14(23(15(21)25)19(7,8)9)24(20(10,11)12)16(26)22(13)18(4,5)6;2*1-2/h13-14H,1-12H3;2*1-2H3. The van der Waals surface area contributed by atoms with E-state index in [1.165, 1.54) is 0 Å². The molecule has 0 aromatic carbocycles. The Bertz CT molecular complexity index is 501. The van der Waals surface area contributed by atoms with Crippen molar-refractivity contribution in [1.82, 2.24) is 19.6 Å². The molecule has 0 N–H and O–H groups in total. The van der Waals surface area contributed by atoms with Crippen molar-refractivity contribution in [2.45, 2.75) is 145 Å². The number of amides is 4. The molecule has 2 heterocycles. The zero-order valence-corrected chi connectivity index (χ0v) is 22.8. The van der Waals surface area contributed by atoms with Crippen LogP contribution in [0.5, 0.6) is 0 Å². The lowest BCUT2D eigenvalue weighted by molar-refractivity contribution is 0.0147. The Balaban J connectivity index is 0.00000198. The van der Waals surface area contributed by atoms with Gasteiger partial charge < -0.3 is 0 Å². The number of urea groups is 2. The van der Waals surface area contributed by atoms with Crippen LogP contribution in [-0.4, -0.2) is 66.1 Å². The molecule has 0 unspecified atom stereocenters. The largest absolute Gasteiger partial charge is 0.324 e. The molecule has 0 atom stereocenters. The monoisotopic (exact) mass is 426 g/mol. The second-order valence-corrected chi connectivity index (χ2v) is 11.6. The van der Waals surface area contributed by atoms with Crippen molar-refractivity contribution >= 4 is 12.1 Å². The smallest absolute Gasteiger partial charge is 0.295 e. The van der Waals surface area contributed by atoms with E-state index in [-0.39, 0.29) is 24.4 Å². The van der Waals surface area contributed by atoms with E-state index in [0.29, 0.717) is 0 Å². The van der Waals surface area contributed by atoms with Crippen LogP contribution in [0, 0.1) is 0 Å². The van der Waals surface area contributed by atoms with Gasteiger partial charge in [0.05, 0.1) is 0 Å². The van der Waals surface area contributed by atoms with Gasteiger partial charge in [-0.05, 0) is 83.1 Å². The highest BCUT2D eigenvalue weighted by Gasteiger charge is 2.66. The van der Waals surface area contributed by atoms with E-state index in [1.54, 1.807) is 0 Å². The number of carbonyl (C=O) groups is 2. The van der Waals surface area contributed by atoms with Gasteiger partial charge in [0.1, 0.15) is 0 Å². The number of hydrogen-bond donors (Lipinski definition) is 0. The molecule has 0 saturated carbocycles. The van der Waals surface area contributed by atoms with Gasteiger partial charge in [0.25, 0.3) is 0 Å². The van der Waals surface area contributed by atoms with Gasteiger partial charge in [-0.2, -0.15) is 0 Å². The van der Waals surface area contributed by atoms with Gasteiger partial charge in [-0.1, -0.05) is 27.7 Å². The maximum Gasteiger partial charge on any atom is 0.324 e. The third-order valence-electron chi connectivity index (χ3n) is 5.04. The van der Waals surface area contributed by atoms with Crippen molar-refractivity contribution < 1.29 is 9.59 Å². The van der Waals surface area contributed by atoms with Crippen LogP contribution in [-0.2, 0) is 0 Å². The summed E-state index contributed by atoms with van der Waals surface area (Å²) in [6.45, 7) is 32.5. The first-order valence-electron chi connectivity index (χ1n) is 11.6. The fourth-order valence-corrected chi connectivity index (χ4v) is 4.18. The highest BCUT2D eigenvalue weighted by atomic mass is 16.2.